The fourth-order valence-electron chi connectivity index (χ4n) is 1.36. The molecule has 0 saturated heterocycles. The lowest BCUT2D eigenvalue weighted by Gasteiger charge is -2.22. The van der Waals surface area contributed by atoms with Gasteiger partial charge in [0.15, 0.2) is 0 Å². The maximum atomic E-state index is 6.07. The zero-order valence-electron chi connectivity index (χ0n) is 9.20. The van der Waals surface area contributed by atoms with Gasteiger partial charge in [-0.1, -0.05) is 13.8 Å². The molecule has 2 N–H and O–H groups in total. The van der Waals surface area contributed by atoms with E-state index in [-0.39, 0.29) is 12.1 Å². The largest absolute Gasteiger partial charge is 0.371 e. The van der Waals surface area contributed by atoms with Gasteiger partial charge in [-0.15, -0.1) is 11.3 Å². The summed E-state index contributed by atoms with van der Waals surface area (Å²) in [4.78, 5) is 1.21. The molecule has 0 bridgehead atoms. The molecular weight excluding hydrogens is 274 g/mol. The minimum Gasteiger partial charge on any atom is -0.371 e. The van der Waals surface area contributed by atoms with Gasteiger partial charge in [-0.3, -0.25) is 0 Å². The maximum absolute atomic E-state index is 6.07. The van der Waals surface area contributed by atoms with Gasteiger partial charge < -0.3 is 10.5 Å². The third-order valence-electron chi connectivity index (χ3n) is 2.24. The van der Waals surface area contributed by atoms with Gasteiger partial charge in [-0.2, -0.15) is 0 Å². The van der Waals surface area contributed by atoms with Crippen LogP contribution < -0.4 is 5.73 Å². The van der Waals surface area contributed by atoms with Gasteiger partial charge >= 0.3 is 0 Å². The molecule has 0 aliphatic rings. The van der Waals surface area contributed by atoms with Crippen LogP contribution in [0, 0.1) is 0 Å². The maximum Gasteiger partial charge on any atom is 0.107 e. The first-order valence-corrected chi connectivity index (χ1v) is 6.92. The summed E-state index contributed by atoms with van der Waals surface area (Å²) in [6.07, 6.45) is 2.01. The van der Waals surface area contributed by atoms with Crippen LogP contribution in [-0.2, 0) is 4.74 Å². The molecule has 15 heavy (non-hydrogen) atoms. The topological polar surface area (TPSA) is 35.2 Å². The van der Waals surface area contributed by atoms with E-state index in [1.165, 1.54) is 4.88 Å². The molecule has 0 saturated carbocycles. The van der Waals surface area contributed by atoms with Crippen molar-refractivity contribution in [1.29, 1.82) is 0 Å². The molecule has 0 amide bonds. The smallest absolute Gasteiger partial charge is 0.107 e. The highest BCUT2D eigenvalue weighted by atomic mass is 79.9. The number of thiophene rings is 1. The van der Waals surface area contributed by atoms with Crippen molar-refractivity contribution in [3.8, 4) is 0 Å². The lowest BCUT2D eigenvalue weighted by Crippen LogP contribution is -2.29. The summed E-state index contributed by atoms with van der Waals surface area (Å²) in [6, 6.07) is 4.22. The molecule has 0 radical (unpaired) electrons. The first kappa shape index (κ1) is 13.2. The summed E-state index contributed by atoms with van der Waals surface area (Å²) < 4.78 is 6.94. The monoisotopic (exact) mass is 291 g/mol. The molecule has 0 fully saturated rings. The Bertz CT molecular complexity index is 290. The molecule has 0 aliphatic carbocycles. The van der Waals surface area contributed by atoms with Crippen molar-refractivity contribution < 1.29 is 4.74 Å². The van der Waals surface area contributed by atoms with E-state index in [4.69, 9.17) is 10.5 Å². The molecule has 2 unspecified atom stereocenters. The van der Waals surface area contributed by atoms with Crippen LogP contribution in [0.15, 0.2) is 15.9 Å². The Balaban J connectivity index is 2.71. The molecule has 0 spiro atoms. The Kier molecular flexibility index (Phi) is 5.82. The molecule has 1 aromatic heterocycles. The average molecular weight is 292 g/mol. The zero-order valence-corrected chi connectivity index (χ0v) is 11.6. The molecular formula is C11H18BrNOS. The van der Waals surface area contributed by atoms with Crippen LogP contribution in [0.2, 0.25) is 0 Å². The van der Waals surface area contributed by atoms with Gasteiger partial charge in [0.1, 0.15) is 6.10 Å². The standard InChI is InChI=1S/C11H18BrNOS/c1-3-7-14-11(8(13)4-2)9-5-6-10(12)15-9/h5-6,8,11H,3-4,7,13H2,1-2H3. The van der Waals surface area contributed by atoms with Gasteiger partial charge in [-0.25, -0.2) is 0 Å². The lowest BCUT2D eigenvalue weighted by atomic mass is 10.1. The normalized spacial score (nSPS) is 15.2. The second-order valence-electron chi connectivity index (χ2n) is 3.51. The molecule has 1 rings (SSSR count). The van der Waals surface area contributed by atoms with Crippen LogP contribution in [-0.4, -0.2) is 12.6 Å². The summed E-state index contributed by atoms with van der Waals surface area (Å²) in [6.45, 7) is 4.97. The van der Waals surface area contributed by atoms with Crippen molar-refractivity contribution in [1.82, 2.24) is 0 Å². The van der Waals surface area contributed by atoms with Crippen molar-refractivity contribution in [2.24, 2.45) is 5.73 Å². The summed E-state index contributed by atoms with van der Waals surface area (Å²) >= 11 is 5.16. The number of ether oxygens (including phenoxy) is 1. The van der Waals surface area contributed by atoms with E-state index in [0.29, 0.717) is 0 Å². The van der Waals surface area contributed by atoms with E-state index in [1.54, 1.807) is 11.3 Å². The summed E-state index contributed by atoms with van der Waals surface area (Å²) in [5, 5.41) is 0. The minimum atomic E-state index is 0.0475. The van der Waals surface area contributed by atoms with Crippen LogP contribution >= 0.6 is 27.3 Å². The van der Waals surface area contributed by atoms with Crippen LogP contribution in [0.3, 0.4) is 0 Å². The highest BCUT2D eigenvalue weighted by Crippen LogP contribution is 2.31. The first-order chi connectivity index (χ1) is 7.19. The van der Waals surface area contributed by atoms with Gasteiger partial charge in [0.2, 0.25) is 0 Å². The summed E-state index contributed by atoms with van der Waals surface area (Å²) in [5.74, 6) is 0. The van der Waals surface area contributed by atoms with Crippen LogP contribution in [0.5, 0.6) is 0 Å². The van der Waals surface area contributed by atoms with E-state index in [9.17, 15) is 0 Å². The molecule has 2 nitrogen and oxygen atoms in total. The second kappa shape index (κ2) is 6.63. The van der Waals surface area contributed by atoms with Crippen molar-refractivity contribution in [3.63, 3.8) is 0 Å². The number of hydrogen-bond donors (Lipinski definition) is 1. The molecule has 1 heterocycles. The van der Waals surface area contributed by atoms with Gasteiger partial charge in [0.05, 0.1) is 3.79 Å². The predicted molar refractivity (Wildman–Crippen MR) is 69.3 cm³/mol. The minimum absolute atomic E-state index is 0.0475. The van der Waals surface area contributed by atoms with Crippen molar-refractivity contribution >= 4 is 27.3 Å². The van der Waals surface area contributed by atoms with Crippen molar-refractivity contribution in [2.45, 2.75) is 38.8 Å². The van der Waals surface area contributed by atoms with Crippen LogP contribution in [0.1, 0.15) is 37.7 Å². The Hall–Kier alpha value is 0.1000. The van der Waals surface area contributed by atoms with Crippen LogP contribution in [0.25, 0.3) is 0 Å². The molecule has 0 aliphatic heterocycles. The molecule has 86 valence electrons. The quantitative estimate of drug-likeness (QED) is 0.867. The van der Waals surface area contributed by atoms with Crippen molar-refractivity contribution in [3.05, 3.63) is 20.8 Å². The SMILES string of the molecule is CCCOC(c1ccc(Br)s1)C(N)CC. The summed E-state index contributed by atoms with van der Waals surface area (Å²) in [5.41, 5.74) is 6.07. The average Bonchev–Trinajstić information content (AvgIpc) is 2.65. The fourth-order valence-corrected chi connectivity index (χ4v) is 2.91. The Labute approximate surface area is 104 Å². The lowest BCUT2D eigenvalue weighted by molar-refractivity contribution is 0.0363. The second-order valence-corrected chi connectivity index (χ2v) is 6.00. The van der Waals surface area contributed by atoms with Gasteiger partial charge in [0.25, 0.3) is 0 Å². The van der Waals surface area contributed by atoms with Crippen molar-refractivity contribution in [2.75, 3.05) is 6.61 Å². The fraction of sp³-hybridized carbons (Fsp3) is 0.636. The summed E-state index contributed by atoms with van der Waals surface area (Å²) in [7, 11) is 0. The Morgan fingerprint density at radius 1 is 1.47 bits per heavy atom. The van der Waals surface area contributed by atoms with E-state index in [0.717, 1.165) is 23.2 Å². The van der Waals surface area contributed by atoms with E-state index >= 15 is 0 Å². The molecule has 2 atom stereocenters. The Morgan fingerprint density at radius 2 is 2.20 bits per heavy atom. The highest BCUT2D eigenvalue weighted by molar-refractivity contribution is 9.11. The third kappa shape index (κ3) is 3.87. The van der Waals surface area contributed by atoms with Crippen LogP contribution in [0.4, 0.5) is 0 Å². The molecule has 4 heteroatoms. The number of halogens is 1. The number of nitrogens with two attached hydrogens (primary N) is 1. The molecule has 1 aromatic rings. The van der Waals surface area contributed by atoms with E-state index in [2.05, 4.69) is 35.8 Å². The predicted octanol–water partition coefficient (Wildman–Crippen LogP) is 3.72. The van der Waals surface area contributed by atoms with E-state index in [1.807, 2.05) is 6.07 Å². The zero-order chi connectivity index (χ0) is 11.3. The number of rotatable bonds is 6. The third-order valence-corrected chi connectivity index (χ3v) is 3.92. The van der Waals surface area contributed by atoms with Gasteiger partial charge in [-0.05, 0) is 40.9 Å². The highest BCUT2D eigenvalue weighted by Gasteiger charge is 2.20. The number of hydrogen-bond acceptors (Lipinski definition) is 3. The molecule has 0 aromatic carbocycles. The van der Waals surface area contributed by atoms with E-state index < -0.39 is 0 Å². The first-order valence-electron chi connectivity index (χ1n) is 5.31. The Morgan fingerprint density at radius 3 is 2.67 bits per heavy atom. The van der Waals surface area contributed by atoms with Gasteiger partial charge in [0, 0.05) is 17.5 Å².